The SMILES string of the molecule is [C-]#[N+]CCN1CCCC1c1ccc(C=CC(=O)OC)cc1. The summed E-state index contributed by atoms with van der Waals surface area (Å²) < 4.78 is 4.57. The molecular formula is C17H20N2O2. The first-order chi connectivity index (χ1) is 10.2. The summed E-state index contributed by atoms with van der Waals surface area (Å²) in [4.78, 5) is 16.9. The maximum Gasteiger partial charge on any atom is 0.330 e. The van der Waals surface area contributed by atoms with Gasteiger partial charge in [0.15, 0.2) is 0 Å². The van der Waals surface area contributed by atoms with Crippen LogP contribution >= 0.6 is 0 Å². The molecule has 1 atom stereocenters. The van der Waals surface area contributed by atoms with E-state index in [0.717, 1.165) is 25.1 Å². The summed E-state index contributed by atoms with van der Waals surface area (Å²) in [6.07, 6.45) is 5.51. The van der Waals surface area contributed by atoms with Crippen LogP contribution in [0.4, 0.5) is 0 Å². The first-order valence-corrected chi connectivity index (χ1v) is 7.18. The van der Waals surface area contributed by atoms with Gasteiger partial charge in [-0.25, -0.2) is 11.4 Å². The Balaban J connectivity index is 2.03. The Morgan fingerprint density at radius 1 is 1.48 bits per heavy atom. The van der Waals surface area contributed by atoms with Crippen molar-refractivity contribution in [2.45, 2.75) is 18.9 Å². The molecule has 21 heavy (non-hydrogen) atoms. The molecule has 1 fully saturated rings. The highest BCUT2D eigenvalue weighted by Crippen LogP contribution is 2.31. The van der Waals surface area contributed by atoms with Crippen molar-refractivity contribution in [3.05, 3.63) is 52.9 Å². The number of hydrogen-bond acceptors (Lipinski definition) is 3. The van der Waals surface area contributed by atoms with E-state index in [1.165, 1.54) is 25.2 Å². The second-order valence-electron chi connectivity index (χ2n) is 5.10. The number of nitrogens with zero attached hydrogens (tertiary/aromatic N) is 2. The molecule has 4 heteroatoms. The van der Waals surface area contributed by atoms with Gasteiger partial charge in [-0.2, -0.15) is 0 Å². The van der Waals surface area contributed by atoms with Crippen LogP contribution in [0, 0.1) is 6.57 Å². The van der Waals surface area contributed by atoms with Crippen molar-refractivity contribution in [1.82, 2.24) is 4.90 Å². The van der Waals surface area contributed by atoms with E-state index in [1.807, 2.05) is 12.1 Å². The zero-order chi connectivity index (χ0) is 15.1. The maximum absolute atomic E-state index is 11.1. The Morgan fingerprint density at radius 2 is 2.24 bits per heavy atom. The third-order valence-electron chi connectivity index (χ3n) is 3.80. The fourth-order valence-corrected chi connectivity index (χ4v) is 2.71. The Morgan fingerprint density at radius 3 is 2.90 bits per heavy atom. The average Bonchev–Trinajstić information content (AvgIpc) is 2.99. The Kier molecular flexibility index (Phi) is 5.53. The monoisotopic (exact) mass is 284 g/mol. The number of hydrogen-bond donors (Lipinski definition) is 0. The highest BCUT2D eigenvalue weighted by molar-refractivity contribution is 5.86. The minimum atomic E-state index is -0.347. The van der Waals surface area contributed by atoms with Crippen LogP contribution in [0.25, 0.3) is 10.9 Å². The number of carbonyl (C=O) groups is 1. The summed E-state index contributed by atoms with van der Waals surface area (Å²) in [6, 6.07) is 8.67. The highest BCUT2D eigenvalue weighted by atomic mass is 16.5. The summed E-state index contributed by atoms with van der Waals surface area (Å²) in [6.45, 7) is 9.40. The molecule has 1 aromatic carbocycles. The van der Waals surface area contributed by atoms with E-state index < -0.39 is 0 Å². The highest BCUT2D eigenvalue weighted by Gasteiger charge is 2.25. The van der Waals surface area contributed by atoms with Crippen LogP contribution in [0.1, 0.15) is 30.0 Å². The van der Waals surface area contributed by atoms with E-state index in [-0.39, 0.29) is 5.97 Å². The zero-order valence-electron chi connectivity index (χ0n) is 12.3. The Labute approximate surface area is 125 Å². The number of likely N-dealkylation sites (tertiary alicyclic amines) is 1. The quantitative estimate of drug-likeness (QED) is 0.473. The van der Waals surface area contributed by atoms with Gasteiger partial charge in [-0.3, -0.25) is 4.90 Å². The van der Waals surface area contributed by atoms with Crippen molar-refractivity contribution < 1.29 is 9.53 Å². The van der Waals surface area contributed by atoms with Crippen LogP contribution in [0.3, 0.4) is 0 Å². The van der Waals surface area contributed by atoms with E-state index >= 15 is 0 Å². The van der Waals surface area contributed by atoms with E-state index in [2.05, 4.69) is 26.6 Å². The van der Waals surface area contributed by atoms with Crippen molar-refractivity contribution in [2.24, 2.45) is 0 Å². The van der Waals surface area contributed by atoms with Crippen molar-refractivity contribution in [1.29, 1.82) is 0 Å². The van der Waals surface area contributed by atoms with E-state index in [9.17, 15) is 4.79 Å². The predicted octanol–water partition coefficient (Wildman–Crippen LogP) is 2.93. The zero-order valence-corrected chi connectivity index (χ0v) is 12.3. The smallest absolute Gasteiger partial charge is 0.330 e. The average molecular weight is 284 g/mol. The van der Waals surface area contributed by atoms with Gasteiger partial charge in [0.25, 0.3) is 0 Å². The van der Waals surface area contributed by atoms with Gasteiger partial charge in [-0.1, -0.05) is 24.3 Å². The minimum absolute atomic E-state index is 0.347. The molecule has 0 radical (unpaired) electrons. The number of esters is 1. The summed E-state index contributed by atoms with van der Waals surface area (Å²) in [5, 5.41) is 0. The van der Waals surface area contributed by atoms with Crippen LogP contribution in [0.2, 0.25) is 0 Å². The normalized spacial score (nSPS) is 18.8. The minimum Gasteiger partial charge on any atom is -0.466 e. The van der Waals surface area contributed by atoms with Gasteiger partial charge < -0.3 is 9.58 Å². The standard InChI is InChI=1S/C17H20N2O2/c1-18-11-13-19-12-3-4-16(19)15-8-5-14(6-9-15)7-10-17(20)21-2/h5-10,16H,3-4,11-13H2,2H3. The molecule has 1 unspecified atom stereocenters. The largest absolute Gasteiger partial charge is 0.466 e. The van der Waals surface area contributed by atoms with Gasteiger partial charge in [0.2, 0.25) is 6.54 Å². The molecule has 0 bridgehead atoms. The lowest BCUT2D eigenvalue weighted by Crippen LogP contribution is -2.25. The molecule has 1 aromatic rings. The van der Waals surface area contributed by atoms with E-state index in [1.54, 1.807) is 6.08 Å². The predicted molar refractivity (Wildman–Crippen MR) is 82.5 cm³/mol. The topological polar surface area (TPSA) is 33.9 Å². The number of carbonyl (C=O) groups excluding carboxylic acids is 1. The number of rotatable bonds is 5. The first kappa shape index (κ1) is 15.3. The molecule has 1 aliphatic rings. The molecule has 2 rings (SSSR count). The third-order valence-corrected chi connectivity index (χ3v) is 3.80. The second kappa shape index (κ2) is 7.61. The molecule has 1 saturated heterocycles. The lowest BCUT2D eigenvalue weighted by atomic mass is 10.0. The molecule has 0 amide bonds. The van der Waals surface area contributed by atoms with Crippen molar-refractivity contribution >= 4 is 12.0 Å². The maximum atomic E-state index is 11.1. The van der Waals surface area contributed by atoms with Gasteiger partial charge in [0, 0.05) is 12.1 Å². The molecule has 1 aliphatic heterocycles. The van der Waals surface area contributed by atoms with Crippen LogP contribution in [-0.2, 0) is 9.53 Å². The Bertz CT molecular complexity index is 543. The van der Waals surface area contributed by atoms with Gasteiger partial charge in [0.05, 0.1) is 13.7 Å². The summed E-state index contributed by atoms with van der Waals surface area (Å²) in [7, 11) is 1.37. The summed E-state index contributed by atoms with van der Waals surface area (Å²) in [5.41, 5.74) is 2.27. The first-order valence-electron chi connectivity index (χ1n) is 7.18. The van der Waals surface area contributed by atoms with Crippen LogP contribution in [-0.4, -0.2) is 37.6 Å². The van der Waals surface area contributed by atoms with Crippen LogP contribution in [0.5, 0.6) is 0 Å². The molecule has 0 aliphatic carbocycles. The molecule has 0 N–H and O–H groups in total. The fraction of sp³-hybridized carbons (Fsp3) is 0.412. The van der Waals surface area contributed by atoms with Crippen molar-refractivity contribution in [3.8, 4) is 0 Å². The van der Waals surface area contributed by atoms with Gasteiger partial charge >= 0.3 is 5.97 Å². The molecule has 0 saturated carbocycles. The summed E-state index contributed by atoms with van der Waals surface area (Å²) >= 11 is 0. The third kappa shape index (κ3) is 4.17. The Hall–Kier alpha value is -2.12. The van der Waals surface area contributed by atoms with Gasteiger partial charge in [-0.15, -0.1) is 0 Å². The van der Waals surface area contributed by atoms with Crippen molar-refractivity contribution in [3.63, 3.8) is 0 Å². The molecule has 0 aromatic heterocycles. The van der Waals surface area contributed by atoms with Gasteiger partial charge in [-0.05, 0) is 36.6 Å². The molecule has 1 heterocycles. The lowest BCUT2D eigenvalue weighted by molar-refractivity contribution is -0.134. The number of methoxy groups -OCH3 is 1. The number of ether oxygens (including phenoxy) is 1. The molecule has 110 valence electrons. The molecule has 4 nitrogen and oxygen atoms in total. The second-order valence-corrected chi connectivity index (χ2v) is 5.10. The molecule has 0 spiro atoms. The fourth-order valence-electron chi connectivity index (χ4n) is 2.71. The van der Waals surface area contributed by atoms with Crippen molar-refractivity contribution in [2.75, 3.05) is 26.7 Å². The van der Waals surface area contributed by atoms with Crippen LogP contribution in [0.15, 0.2) is 30.3 Å². The van der Waals surface area contributed by atoms with E-state index in [4.69, 9.17) is 6.57 Å². The van der Waals surface area contributed by atoms with Crippen LogP contribution < -0.4 is 0 Å². The summed E-state index contributed by atoms with van der Waals surface area (Å²) in [5.74, 6) is -0.347. The van der Waals surface area contributed by atoms with Gasteiger partial charge in [0.1, 0.15) is 0 Å². The van der Waals surface area contributed by atoms with E-state index in [0.29, 0.717) is 12.6 Å². The lowest BCUT2D eigenvalue weighted by Gasteiger charge is -2.22. The number of benzene rings is 1. The molecular weight excluding hydrogens is 264 g/mol.